The monoisotopic (exact) mass is 281 g/mol. The van der Waals surface area contributed by atoms with E-state index in [1.165, 1.54) is 35.5 Å². The lowest BCUT2D eigenvalue weighted by atomic mass is 10.1. The summed E-state index contributed by atoms with van der Waals surface area (Å²) >= 11 is 0. The van der Waals surface area contributed by atoms with Crippen LogP contribution in [0.25, 0.3) is 0 Å². The molecule has 1 aliphatic heterocycles. The Hall–Kier alpha value is -1.53. The third-order valence-corrected chi connectivity index (χ3v) is 5.09. The molecule has 0 atom stereocenters. The van der Waals surface area contributed by atoms with Gasteiger partial charge in [-0.15, -0.1) is 0 Å². The van der Waals surface area contributed by atoms with E-state index >= 15 is 0 Å². The van der Waals surface area contributed by atoms with Crippen molar-refractivity contribution >= 4 is 21.6 Å². The number of Topliss-reactive ketones (excluding diaryl/α,β-unsaturated/α-hetero) is 2. The predicted molar refractivity (Wildman–Crippen MR) is 69.4 cm³/mol. The highest BCUT2D eigenvalue weighted by Crippen LogP contribution is 2.19. The number of benzene rings is 1. The second kappa shape index (κ2) is 5.22. The average molecular weight is 281 g/mol. The molecule has 6 heteroatoms. The van der Waals surface area contributed by atoms with Crippen LogP contribution in [0.2, 0.25) is 0 Å². The molecule has 1 aromatic carbocycles. The number of hydrogen-bond acceptors (Lipinski definition) is 4. The second-order valence-electron chi connectivity index (χ2n) is 4.52. The van der Waals surface area contributed by atoms with E-state index in [9.17, 15) is 18.0 Å². The molecular formula is C13H15NO4S. The number of ketones is 2. The maximum absolute atomic E-state index is 12.3. The third kappa shape index (κ3) is 2.90. The molecular weight excluding hydrogens is 266 g/mol. The summed E-state index contributed by atoms with van der Waals surface area (Å²) in [6.45, 7) is 1.89. The Kier molecular flexibility index (Phi) is 3.82. The van der Waals surface area contributed by atoms with Gasteiger partial charge in [-0.25, -0.2) is 8.42 Å². The number of sulfonamides is 1. The SMILES string of the molecule is CC(=O)c1ccc(S(=O)(=O)N2CCC(=O)CC2)cc1. The minimum atomic E-state index is -3.56. The maximum Gasteiger partial charge on any atom is 0.243 e. The molecule has 1 heterocycles. The minimum absolute atomic E-state index is 0.0957. The molecule has 1 aliphatic rings. The molecule has 2 rings (SSSR count). The summed E-state index contributed by atoms with van der Waals surface area (Å²) in [5.74, 6) is -0.00843. The van der Waals surface area contributed by atoms with Gasteiger partial charge in [-0.05, 0) is 19.1 Å². The lowest BCUT2D eigenvalue weighted by Gasteiger charge is -2.25. The molecule has 0 radical (unpaired) electrons. The highest BCUT2D eigenvalue weighted by molar-refractivity contribution is 7.89. The Morgan fingerprint density at radius 1 is 1.11 bits per heavy atom. The first kappa shape index (κ1) is 13.9. The van der Waals surface area contributed by atoms with Crippen LogP contribution in [0.5, 0.6) is 0 Å². The van der Waals surface area contributed by atoms with Crippen molar-refractivity contribution in [3.8, 4) is 0 Å². The van der Waals surface area contributed by atoms with Gasteiger partial charge in [-0.1, -0.05) is 12.1 Å². The lowest BCUT2D eigenvalue weighted by molar-refractivity contribution is -0.120. The van der Waals surface area contributed by atoms with Crippen LogP contribution < -0.4 is 0 Å². The second-order valence-corrected chi connectivity index (χ2v) is 6.46. The van der Waals surface area contributed by atoms with E-state index in [0.717, 1.165) is 0 Å². The fraction of sp³-hybridized carbons (Fsp3) is 0.385. The van der Waals surface area contributed by atoms with Crippen molar-refractivity contribution in [1.82, 2.24) is 4.31 Å². The Morgan fingerprint density at radius 2 is 1.63 bits per heavy atom. The smallest absolute Gasteiger partial charge is 0.243 e. The average Bonchev–Trinajstić information content (AvgIpc) is 2.39. The number of piperidine rings is 1. The van der Waals surface area contributed by atoms with Crippen LogP contribution in [-0.4, -0.2) is 37.4 Å². The molecule has 0 aromatic heterocycles. The van der Waals surface area contributed by atoms with Gasteiger partial charge in [-0.2, -0.15) is 4.31 Å². The summed E-state index contributed by atoms with van der Waals surface area (Å²) in [6, 6.07) is 5.87. The van der Waals surface area contributed by atoms with Crippen molar-refractivity contribution in [2.45, 2.75) is 24.7 Å². The van der Waals surface area contributed by atoms with E-state index in [1.807, 2.05) is 0 Å². The number of carbonyl (C=O) groups is 2. The van der Waals surface area contributed by atoms with Crippen LogP contribution in [-0.2, 0) is 14.8 Å². The summed E-state index contributed by atoms with van der Waals surface area (Å²) < 4.78 is 25.9. The van der Waals surface area contributed by atoms with Crippen LogP contribution in [0.1, 0.15) is 30.1 Å². The summed E-state index contributed by atoms with van der Waals surface area (Å²) in [5.41, 5.74) is 0.479. The largest absolute Gasteiger partial charge is 0.300 e. The number of nitrogens with zero attached hydrogens (tertiary/aromatic N) is 1. The first-order valence-electron chi connectivity index (χ1n) is 6.04. The van der Waals surface area contributed by atoms with Crippen LogP contribution in [0.15, 0.2) is 29.2 Å². The van der Waals surface area contributed by atoms with Crippen LogP contribution in [0.3, 0.4) is 0 Å². The van der Waals surface area contributed by atoms with E-state index in [1.54, 1.807) is 0 Å². The molecule has 0 bridgehead atoms. The van der Waals surface area contributed by atoms with Crippen molar-refractivity contribution in [1.29, 1.82) is 0 Å². The van der Waals surface area contributed by atoms with E-state index in [4.69, 9.17) is 0 Å². The molecule has 102 valence electrons. The van der Waals surface area contributed by atoms with E-state index < -0.39 is 10.0 Å². The first-order chi connectivity index (χ1) is 8.91. The van der Waals surface area contributed by atoms with Gasteiger partial charge in [-0.3, -0.25) is 9.59 Å². The fourth-order valence-electron chi connectivity index (χ4n) is 1.99. The molecule has 0 aliphatic carbocycles. The zero-order valence-electron chi connectivity index (χ0n) is 10.6. The number of hydrogen-bond donors (Lipinski definition) is 0. The Balaban J connectivity index is 2.24. The van der Waals surface area contributed by atoms with Gasteiger partial charge in [0.25, 0.3) is 0 Å². The Morgan fingerprint density at radius 3 is 2.11 bits per heavy atom. The van der Waals surface area contributed by atoms with E-state index in [0.29, 0.717) is 5.56 Å². The predicted octanol–water partition coefficient (Wildman–Crippen LogP) is 1.24. The van der Waals surface area contributed by atoms with Gasteiger partial charge in [0.2, 0.25) is 10.0 Å². The van der Waals surface area contributed by atoms with Gasteiger partial charge in [0.05, 0.1) is 4.90 Å². The molecule has 0 unspecified atom stereocenters. The van der Waals surface area contributed by atoms with Crippen LogP contribution in [0, 0.1) is 0 Å². The molecule has 0 N–H and O–H groups in total. The third-order valence-electron chi connectivity index (χ3n) is 3.18. The fourth-order valence-corrected chi connectivity index (χ4v) is 3.43. The summed E-state index contributed by atoms with van der Waals surface area (Å²) in [4.78, 5) is 22.4. The standard InChI is InChI=1S/C13H15NO4S/c1-10(15)11-2-4-13(5-3-11)19(17,18)14-8-6-12(16)7-9-14/h2-5H,6-9H2,1H3. The first-order valence-corrected chi connectivity index (χ1v) is 7.48. The minimum Gasteiger partial charge on any atom is -0.300 e. The van der Waals surface area contributed by atoms with Crippen molar-refractivity contribution in [2.75, 3.05) is 13.1 Å². The Bertz CT molecular complexity index is 594. The quantitative estimate of drug-likeness (QED) is 0.782. The maximum atomic E-state index is 12.3. The van der Waals surface area contributed by atoms with Crippen molar-refractivity contribution in [3.05, 3.63) is 29.8 Å². The van der Waals surface area contributed by atoms with Gasteiger partial charge < -0.3 is 0 Å². The van der Waals surface area contributed by atoms with Gasteiger partial charge in [0, 0.05) is 31.5 Å². The topological polar surface area (TPSA) is 71.5 Å². The molecule has 0 amide bonds. The van der Waals surface area contributed by atoms with Crippen molar-refractivity contribution < 1.29 is 18.0 Å². The zero-order valence-corrected chi connectivity index (χ0v) is 11.4. The van der Waals surface area contributed by atoms with Gasteiger partial charge >= 0.3 is 0 Å². The number of carbonyl (C=O) groups excluding carboxylic acids is 2. The normalized spacial score (nSPS) is 17.4. The van der Waals surface area contributed by atoms with Crippen molar-refractivity contribution in [3.63, 3.8) is 0 Å². The van der Waals surface area contributed by atoms with E-state index in [-0.39, 0.29) is 42.4 Å². The molecule has 1 saturated heterocycles. The lowest BCUT2D eigenvalue weighted by Crippen LogP contribution is -2.38. The molecule has 19 heavy (non-hydrogen) atoms. The van der Waals surface area contributed by atoms with Gasteiger partial charge in [0.15, 0.2) is 5.78 Å². The molecule has 0 saturated carbocycles. The molecule has 1 fully saturated rings. The highest BCUT2D eigenvalue weighted by atomic mass is 32.2. The highest BCUT2D eigenvalue weighted by Gasteiger charge is 2.28. The van der Waals surface area contributed by atoms with Crippen LogP contribution >= 0.6 is 0 Å². The summed E-state index contributed by atoms with van der Waals surface area (Å²) in [7, 11) is -3.56. The molecule has 5 nitrogen and oxygen atoms in total. The van der Waals surface area contributed by atoms with Gasteiger partial charge in [0.1, 0.15) is 5.78 Å². The van der Waals surface area contributed by atoms with E-state index in [2.05, 4.69) is 0 Å². The summed E-state index contributed by atoms with van der Waals surface area (Å²) in [5, 5.41) is 0. The number of rotatable bonds is 3. The zero-order chi connectivity index (χ0) is 14.0. The molecule has 1 aromatic rings. The summed E-state index contributed by atoms with van der Waals surface area (Å²) in [6.07, 6.45) is 0.537. The van der Waals surface area contributed by atoms with Crippen molar-refractivity contribution in [2.24, 2.45) is 0 Å². The molecule has 0 spiro atoms. The Labute approximate surface area is 112 Å². The van der Waals surface area contributed by atoms with Crippen LogP contribution in [0.4, 0.5) is 0 Å².